The van der Waals surface area contributed by atoms with Crippen LogP contribution in [0.4, 0.5) is 4.39 Å². The van der Waals surface area contributed by atoms with Gasteiger partial charge < -0.3 is 4.42 Å². The van der Waals surface area contributed by atoms with Crippen LogP contribution in [-0.4, -0.2) is 4.98 Å². The molecule has 0 spiro atoms. The molecule has 0 aromatic carbocycles. The minimum absolute atomic E-state index is 0.361. The lowest BCUT2D eigenvalue weighted by atomic mass is 10.2. The third kappa shape index (κ3) is 1.78. The first-order chi connectivity index (χ1) is 4.91. The van der Waals surface area contributed by atoms with Crippen LogP contribution in [0.15, 0.2) is 4.42 Å². The highest BCUT2D eigenvalue weighted by molar-refractivity contribution is 7.18. The van der Waals surface area contributed by atoms with Gasteiger partial charge in [0, 0.05) is 6.92 Å². The van der Waals surface area contributed by atoms with E-state index in [1.165, 1.54) is 6.92 Å². The number of halogens is 1. The summed E-state index contributed by atoms with van der Waals surface area (Å²) < 4.78 is 18.3. The van der Waals surface area contributed by atoms with Crippen LogP contribution in [0.5, 0.6) is 0 Å². The van der Waals surface area contributed by atoms with Crippen LogP contribution in [0.3, 0.4) is 0 Å². The summed E-state index contributed by atoms with van der Waals surface area (Å²) in [6, 6.07) is 0. The van der Waals surface area contributed by atoms with Crippen molar-refractivity contribution in [1.82, 2.24) is 4.98 Å². The zero-order valence-corrected chi connectivity index (χ0v) is 7.97. The molecule has 1 aromatic heterocycles. The molecular formula is C7H11FNOP. The Morgan fingerprint density at radius 1 is 1.55 bits per heavy atom. The van der Waals surface area contributed by atoms with Crippen LogP contribution >= 0.6 is 9.24 Å². The topological polar surface area (TPSA) is 26.0 Å². The van der Waals surface area contributed by atoms with Crippen molar-refractivity contribution in [2.24, 2.45) is 0 Å². The molecule has 0 radical (unpaired) electrons. The predicted molar refractivity (Wildman–Crippen MR) is 44.1 cm³/mol. The van der Waals surface area contributed by atoms with Crippen molar-refractivity contribution in [3.8, 4) is 0 Å². The smallest absolute Gasteiger partial charge is 0.191 e. The van der Waals surface area contributed by atoms with E-state index in [0.717, 1.165) is 0 Å². The van der Waals surface area contributed by atoms with Crippen LogP contribution in [0, 0.1) is 13.8 Å². The number of rotatable bonds is 1. The molecule has 0 saturated heterocycles. The summed E-state index contributed by atoms with van der Waals surface area (Å²) in [5.74, 6) is 1.05. The van der Waals surface area contributed by atoms with Gasteiger partial charge in [-0.1, -0.05) is 9.24 Å². The van der Waals surface area contributed by atoms with E-state index in [0.29, 0.717) is 17.3 Å². The Kier molecular flexibility index (Phi) is 2.02. The van der Waals surface area contributed by atoms with Crippen molar-refractivity contribution in [1.29, 1.82) is 0 Å². The highest BCUT2D eigenvalue weighted by atomic mass is 31.0. The zero-order valence-electron chi connectivity index (χ0n) is 6.81. The molecule has 11 heavy (non-hydrogen) atoms. The van der Waals surface area contributed by atoms with Crippen LogP contribution < -0.4 is 0 Å². The number of alkyl halides is 1. The average molecular weight is 175 g/mol. The molecule has 0 amide bonds. The van der Waals surface area contributed by atoms with Gasteiger partial charge in [0.25, 0.3) is 0 Å². The van der Waals surface area contributed by atoms with Crippen molar-refractivity contribution in [2.75, 3.05) is 0 Å². The normalized spacial score (nSPS) is 16.5. The molecule has 1 rings (SSSR count). The summed E-state index contributed by atoms with van der Waals surface area (Å²) in [6.45, 7) is 4.84. The van der Waals surface area contributed by atoms with Gasteiger partial charge in [-0.2, -0.15) is 0 Å². The molecule has 2 unspecified atom stereocenters. The number of aryl methyl sites for hydroxylation is 2. The fourth-order valence-electron chi connectivity index (χ4n) is 0.982. The molecule has 62 valence electrons. The van der Waals surface area contributed by atoms with Crippen molar-refractivity contribution in [3.63, 3.8) is 0 Å². The van der Waals surface area contributed by atoms with E-state index in [1.54, 1.807) is 13.8 Å². The Morgan fingerprint density at radius 3 is 2.27 bits per heavy atom. The van der Waals surface area contributed by atoms with Gasteiger partial charge in [-0.15, -0.1) is 0 Å². The molecule has 1 heterocycles. The van der Waals surface area contributed by atoms with E-state index >= 15 is 0 Å². The number of oxazole rings is 1. The maximum Gasteiger partial charge on any atom is 0.191 e. The second-order valence-electron chi connectivity index (χ2n) is 2.71. The first-order valence-corrected chi connectivity index (χ1v) is 3.91. The van der Waals surface area contributed by atoms with E-state index in [1.807, 2.05) is 0 Å². The quantitative estimate of drug-likeness (QED) is 0.612. The van der Waals surface area contributed by atoms with Crippen LogP contribution in [0.1, 0.15) is 24.3 Å². The molecule has 0 bridgehead atoms. The van der Waals surface area contributed by atoms with Gasteiger partial charge in [0.2, 0.25) is 0 Å². The summed E-state index contributed by atoms with van der Waals surface area (Å²) >= 11 is 0. The monoisotopic (exact) mass is 175 g/mol. The molecule has 2 nitrogen and oxygen atoms in total. The minimum atomic E-state index is -1.48. The fraction of sp³-hybridized carbons (Fsp3) is 0.571. The number of hydrogen-bond acceptors (Lipinski definition) is 2. The second kappa shape index (κ2) is 2.56. The Morgan fingerprint density at radius 2 is 2.09 bits per heavy atom. The van der Waals surface area contributed by atoms with Crippen molar-refractivity contribution >= 4 is 9.24 Å². The van der Waals surface area contributed by atoms with E-state index in [-0.39, 0.29) is 0 Å². The van der Waals surface area contributed by atoms with Gasteiger partial charge >= 0.3 is 0 Å². The Hall–Kier alpha value is -0.430. The van der Waals surface area contributed by atoms with Gasteiger partial charge in [0.05, 0.1) is 0 Å². The van der Waals surface area contributed by atoms with Crippen molar-refractivity contribution in [3.05, 3.63) is 17.3 Å². The molecule has 0 N–H and O–H groups in total. The molecule has 0 aliphatic heterocycles. The summed E-state index contributed by atoms with van der Waals surface area (Å²) in [5, 5.41) is -1.48. The van der Waals surface area contributed by atoms with Gasteiger partial charge in [0.1, 0.15) is 11.5 Å². The highest BCUT2D eigenvalue weighted by Gasteiger charge is 2.25. The SMILES string of the molecule is Cc1nc(C(C)(F)P)c(C)o1. The maximum absolute atomic E-state index is 13.2. The van der Waals surface area contributed by atoms with Crippen molar-refractivity contribution < 1.29 is 8.81 Å². The number of nitrogens with zero attached hydrogens (tertiary/aromatic N) is 1. The third-order valence-corrected chi connectivity index (χ3v) is 1.64. The average Bonchev–Trinajstić information content (AvgIpc) is 2.08. The molecule has 4 heteroatoms. The third-order valence-electron chi connectivity index (χ3n) is 1.37. The largest absolute Gasteiger partial charge is 0.446 e. The Labute approximate surface area is 67.4 Å². The lowest BCUT2D eigenvalue weighted by molar-refractivity contribution is 0.312. The van der Waals surface area contributed by atoms with Crippen LogP contribution in [-0.2, 0) is 5.41 Å². The summed E-state index contributed by atoms with van der Waals surface area (Å²) in [5.41, 5.74) is 0.361. The van der Waals surface area contributed by atoms with Crippen LogP contribution in [0.2, 0.25) is 0 Å². The first kappa shape index (κ1) is 8.66. The van der Waals surface area contributed by atoms with E-state index in [4.69, 9.17) is 4.42 Å². The number of aromatic nitrogens is 1. The summed E-state index contributed by atoms with van der Waals surface area (Å²) in [4.78, 5) is 3.92. The fourth-order valence-corrected chi connectivity index (χ4v) is 1.25. The van der Waals surface area contributed by atoms with E-state index in [9.17, 15) is 4.39 Å². The molecule has 0 fully saturated rings. The van der Waals surface area contributed by atoms with Gasteiger partial charge in [-0.25, -0.2) is 9.37 Å². The lowest BCUT2D eigenvalue weighted by Gasteiger charge is -2.09. The van der Waals surface area contributed by atoms with E-state index in [2.05, 4.69) is 14.2 Å². The van der Waals surface area contributed by atoms with E-state index < -0.39 is 5.41 Å². The van der Waals surface area contributed by atoms with Gasteiger partial charge in [-0.05, 0) is 13.8 Å². The molecule has 1 aromatic rings. The standard InChI is InChI=1S/C7H11FNOP/c1-4-6(7(3,8)11)9-5(2)10-4/h11H2,1-3H3. The van der Waals surface area contributed by atoms with Crippen molar-refractivity contribution in [2.45, 2.75) is 26.2 Å². The molecule has 0 aliphatic carbocycles. The summed E-state index contributed by atoms with van der Waals surface area (Å²) in [7, 11) is 2.09. The number of hydrogen-bond donors (Lipinski definition) is 0. The Bertz CT molecular complexity index is 264. The predicted octanol–water partition coefficient (Wildman–Crippen LogP) is 2.31. The molecule has 0 aliphatic rings. The van der Waals surface area contributed by atoms with Gasteiger partial charge in [0.15, 0.2) is 11.3 Å². The second-order valence-corrected chi connectivity index (χ2v) is 3.80. The zero-order chi connectivity index (χ0) is 8.65. The maximum atomic E-state index is 13.2. The van der Waals surface area contributed by atoms with Gasteiger partial charge in [-0.3, -0.25) is 0 Å². The first-order valence-electron chi connectivity index (χ1n) is 3.33. The molecule has 2 atom stereocenters. The Balaban J connectivity index is 3.13. The highest BCUT2D eigenvalue weighted by Crippen LogP contribution is 2.33. The summed E-state index contributed by atoms with van der Waals surface area (Å²) in [6.07, 6.45) is 0. The molecular weight excluding hydrogens is 164 g/mol. The molecule has 0 saturated carbocycles. The minimum Gasteiger partial charge on any atom is -0.446 e. The van der Waals surface area contributed by atoms with Crippen LogP contribution in [0.25, 0.3) is 0 Å². The lowest BCUT2D eigenvalue weighted by Crippen LogP contribution is -2.06.